The summed E-state index contributed by atoms with van der Waals surface area (Å²) < 4.78 is 6.05. The molecule has 2 aromatic rings. The quantitative estimate of drug-likeness (QED) is 0.926. The van der Waals surface area contributed by atoms with E-state index in [2.05, 4.69) is 39.6 Å². The Morgan fingerprint density at radius 1 is 1.25 bits per heavy atom. The summed E-state index contributed by atoms with van der Waals surface area (Å²) in [4.78, 5) is 8.59. The van der Waals surface area contributed by atoms with Crippen molar-refractivity contribution in [2.45, 2.75) is 32.0 Å². The lowest BCUT2D eigenvalue weighted by Crippen LogP contribution is -2.13. The van der Waals surface area contributed by atoms with Crippen molar-refractivity contribution in [3.63, 3.8) is 0 Å². The highest BCUT2D eigenvalue weighted by molar-refractivity contribution is 5.31. The first-order chi connectivity index (χ1) is 9.86. The predicted octanol–water partition coefficient (Wildman–Crippen LogP) is 3.11. The minimum atomic E-state index is 0.186. The molecule has 4 nitrogen and oxygen atoms in total. The zero-order valence-corrected chi connectivity index (χ0v) is 11.7. The maximum atomic E-state index is 6.05. The summed E-state index contributed by atoms with van der Waals surface area (Å²) in [5.74, 6) is 0.775. The van der Waals surface area contributed by atoms with Crippen LogP contribution in [0.4, 0.5) is 5.82 Å². The van der Waals surface area contributed by atoms with Crippen LogP contribution in [0.5, 0.6) is 0 Å². The molecule has 0 aliphatic heterocycles. The molecule has 3 rings (SSSR count). The number of benzene rings is 1. The van der Waals surface area contributed by atoms with Gasteiger partial charge in [0.15, 0.2) is 0 Å². The van der Waals surface area contributed by atoms with Gasteiger partial charge in [0.25, 0.3) is 0 Å². The third-order valence-electron chi connectivity index (χ3n) is 3.71. The van der Waals surface area contributed by atoms with Crippen LogP contribution in [0.25, 0.3) is 0 Å². The van der Waals surface area contributed by atoms with Crippen molar-refractivity contribution in [2.75, 3.05) is 12.4 Å². The molecule has 1 aliphatic carbocycles. The Kier molecular flexibility index (Phi) is 3.92. The predicted molar refractivity (Wildman–Crippen MR) is 78.5 cm³/mol. The molecular weight excluding hydrogens is 250 g/mol. The monoisotopic (exact) mass is 269 g/mol. The van der Waals surface area contributed by atoms with Gasteiger partial charge >= 0.3 is 0 Å². The van der Waals surface area contributed by atoms with Crippen LogP contribution < -0.4 is 5.32 Å². The van der Waals surface area contributed by atoms with Crippen molar-refractivity contribution in [3.05, 3.63) is 53.5 Å². The molecule has 1 N–H and O–H groups in total. The van der Waals surface area contributed by atoms with Crippen molar-refractivity contribution >= 4 is 5.82 Å². The van der Waals surface area contributed by atoms with Gasteiger partial charge in [-0.1, -0.05) is 24.3 Å². The summed E-state index contributed by atoms with van der Waals surface area (Å²) in [5.41, 5.74) is 3.62. The van der Waals surface area contributed by atoms with Crippen LogP contribution in [-0.4, -0.2) is 17.0 Å². The topological polar surface area (TPSA) is 47.0 Å². The normalized spacial score (nSPS) is 17.6. The van der Waals surface area contributed by atoms with Crippen molar-refractivity contribution in [2.24, 2.45) is 0 Å². The molecule has 20 heavy (non-hydrogen) atoms. The van der Waals surface area contributed by atoms with E-state index in [0.717, 1.165) is 24.4 Å². The van der Waals surface area contributed by atoms with Gasteiger partial charge in [-0.15, -0.1) is 0 Å². The molecule has 1 aliphatic rings. The third-order valence-corrected chi connectivity index (χ3v) is 3.71. The molecule has 0 saturated heterocycles. The van der Waals surface area contributed by atoms with E-state index in [0.29, 0.717) is 6.61 Å². The maximum absolute atomic E-state index is 6.05. The number of rotatable bonds is 4. The van der Waals surface area contributed by atoms with Crippen LogP contribution in [0.2, 0.25) is 0 Å². The number of hydrogen-bond donors (Lipinski definition) is 1. The van der Waals surface area contributed by atoms with Crippen LogP contribution in [0, 0.1) is 0 Å². The first-order valence-corrected chi connectivity index (χ1v) is 7.05. The van der Waals surface area contributed by atoms with Gasteiger partial charge < -0.3 is 10.1 Å². The summed E-state index contributed by atoms with van der Waals surface area (Å²) in [5, 5.41) is 2.96. The van der Waals surface area contributed by atoms with Gasteiger partial charge in [0.2, 0.25) is 0 Å². The lowest BCUT2D eigenvalue weighted by molar-refractivity contribution is 0.0263. The van der Waals surface area contributed by atoms with Crippen molar-refractivity contribution in [1.82, 2.24) is 9.97 Å². The van der Waals surface area contributed by atoms with E-state index in [-0.39, 0.29) is 6.10 Å². The lowest BCUT2D eigenvalue weighted by Gasteiger charge is -2.25. The Morgan fingerprint density at radius 3 is 2.95 bits per heavy atom. The fourth-order valence-corrected chi connectivity index (χ4v) is 2.63. The molecule has 0 spiro atoms. The van der Waals surface area contributed by atoms with E-state index in [1.165, 1.54) is 17.5 Å². The van der Waals surface area contributed by atoms with E-state index in [9.17, 15) is 0 Å². The summed E-state index contributed by atoms with van der Waals surface area (Å²) in [6.45, 7) is 0.510. The number of anilines is 1. The second-order valence-corrected chi connectivity index (χ2v) is 5.03. The van der Waals surface area contributed by atoms with Crippen molar-refractivity contribution < 1.29 is 4.74 Å². The Morgan fingerprint density at radius 2 is 2.15 bits per heavy atom. The molecule has 0 amide bonds. The molecule has 1 heterocycles. The van der Waals surface area contributed by atoms with Crippen LogP contribution in [0.15, 0.2) is 36.7 Å². The van der Waals surface area contributed by atoms with Crippen LogP contribution in [-0.2, 0) is 17.8 Å². The van der Waals surface area contributed by atoms with Gasteiger partial charge in [0.1, 0.15) is 5.82 Å². The van der Waals surface area contributed by atoms with E-state index in [1.54, 1.807) is 12.4 Å². The zero-order valence-electron chi connectivity index (χ0n) is 11.7. The number of aromatic nitrogens is 2. The fraction of sp³-hybridized carbons (Fsp3) is 0.375. The fourth-order valence-electron chi connectivity index (χ4n) is 2.63. The summed E-state index contributed by atoms with van der Waals surface area (Å²) in [6, 6.07) is 8.56. The highest BCUT2D eigenvalue weighted by atomic mass is 16.5. The largest absolute Gasteiger partial charge is 0.372 e. The van der Waals surface area contributed by atoms with Crippen molar-refractivity contribution in [1.29, 1.82) is 0 Å². The summed E-state index contributed by atoms with van der Waals surface area (Å²) >= 11 is 0. The molecule has 104 valence electrons. The van der Waals surface area contributed by atoms with Gasteiger partial charge in [-0.05, 0) is 30.4 Å². The Hall–Kier alpha value is -1.94. The summed E-state index contributed by atoms with van der Waals surface area (Å²) in [7, 11) is 1.83. The average molecular weight is 269 g/mol. The number of nitrogens with one attached hydrogen (secondary N) is 1. The number of nitrogens with zero attached hydrogens (tertiary/aromatic N) is 2. The van der Waals surface area contributed by atoms with Gasteiger partial charge in [-0.25, -0.2) is 4.98 Å². The van der Waals surface area contributed by atoms with Crippen LogP contribution >= 0.6 is 0 Å². The zero-order chi connectivity index (χ0) is 13.8. The minimum absolute atomic E-state index is 0.186. The molecule has 0 saturated carbocycles. The molecule has 0 bridgehead atoms. The van der Waals surface area contributed by atoms with E-state index in [1.807, 2.05) is 7.05 Å². The van der Waals surface area contributed by atoms with Gasteiger partial charge in [-0.2, -0.15) is 0 Å². The molecule has 1 aromatic heterocycles. The Labute approximate surface area is 119 Å². The highest BCUT2D eigenvalue weighted by Crippen LogP contribution is 2.32. The van der Waals surface area contributed by atoms with E-state index < -0.39 is 0 Å². The number of ether oxygens (including phenoxy) is 1. The second kappa shape index (κ2) is 6.01. The molecular formula is C16H19N3O. The minimum Gasteiger partial charge on any atom is -0.372 e. The first-order valence-electron chi connectivity index (χ1n) is 7.05. The SMILES string of the molecule is CNc1cnc(COC2CCCc3ccccc32)cn1. The van der Waals surface area contributed by atoms with Gasteiger partial charge in [0, 0.05) is 7.05 Å². The van der Waals surface area contributed by atoms with Crippen LogP contribution in [0.1, 0.15) is 35.8 Å². The third kappa shape index (κ3) is 2.80. The highest BCUT2D eigenvalue weighted by Gasteiger charge is 2.20. The Balaban J connectivity index is 1.66. The summed E-state index contributed by atoms with van der Waals surface area (Å²) in [6.07, 6.45) is 7.11. The Bertz CT molecular complexity index is 568. The standard InChI is InChI=1S/C16H19N3O/c1-17-16-10-18-13(9-19-16)11-20-15-8-4-6-12-5-2-3-7-14(12)15/h2-3,5,7,9-10,15H,4,6,8,11H2,1H3,(H,17,19). The first kappa shape index (κ1) is 13.1. The molecule has 1 unspecified atom stereocenters. The molecule has 0 fully saturated rings. The van der Waals surface area contributed by atoms with Gasteiger partial charge in [0.05, 0.1) is 30.8 Å². The maximum Gasteiger partial charge on any atom is 0.144 e. The van der Waals surface area contributed by atoms with E-state index in [4.69, 9.17) is 4.74 Å². The smallest absolute Gasteiger partial charge is 0.144 e. The van der Waals surface area contributed by atoms with Crippen LogP contribution in [0.3, 0.4) is 0 Å². The average Bonchev–Trinajstić information content (AvgIpc) is 2.53. The number of fused-ring (bicyclic) bond motifs is 1. The second-order valence-electron chi connectivity index (χ2n) is 5.03. The van der Waals surface area contributed by atoms with E-state index >= 15 is 0 Å². The molecule has 1 aromatic carbocycles. The number of aryl methyl sites for hydroxylation is 1. The van der Waals surface area contributed by atoms with Crippen molar-refractivity contribution in [3.8, 4) is 0 Å². The van der Waals surface area contributed by atoms with Gasteiger partial charge in [-0.3, -0.25) is 4.98 Å². The number of hydrogen-bond acceptors (Lipinski definition) is 4. The molecule has 0 radical (unpaired) electrons. The molecule has 1 atom stereocenters. The lowest BCUT2D eigenvalue weighted by atomic mass is 9.89. The molecule has 4 heteroatoms.